The van der Waals surface area contributed by atoms with Gasteiger partial charge in [0.15, 0.2) is 0 Å². The van der Waals surface area contributed by atoms with Crippen molar-refractivity contribution in [1.82, 2.24) is 10.4 Å². The summed E-state index contributed by atoms with van der Waals surface area (Å²) in [6, 6.07) is 13.7. The van der Waals surface area contributed by atoms with Crippen molar-refractivity contribution in [2.24, 2.45) is 5.84 Å². The molecule has 0 aliphatic rings. The number of nitrogens with two attached hydrogens (primary N) is 1. The highest BCUT2D eigenvalue weighted by molar-refractivity contribution is 7.98. The summed E-state index contributed by atoms with van der Waals surface area (Å²) in [4.78, 5) is 16.6. The van der Waals surface area contributed by atoms with E-state index in [9.17, 15) is 4.79 Å². The zero-order valence-corrected chi connectivity index (χ0v) is 10.5. The van der Waals surface area contributed by atoms with Gasteiger partial charge in [-0.25, -0.2) is 5.84 Å². The van der Waals surface area contributed by atoms with Crippen LogP contribution < -0.4 is 11.3 Å². The summed E-state index contributed by atoms with van der Waals surface area (Å²) in [5.41, 5.74) is 3.47. The van der Waals surface area contributed by atoms with Gasteiger partial charge >= 0.3 is 0 Å². The van der Waals surface area contributed by atoms with Gasteiger partial charge in [-0.3, -0.25) is 15.2 Å². The number of hydrogen-bond donors (Lipinski definition) is 2. The number of carbonyl (C=O) groups is 1. The first-order chi connectivity index (χ1) is 8.79. The minimum absolute atomic E-state index is 0.329. The van der Waals surface area contributed by atoms with E-state index in [2.05, 4.69) is 22.5 Å². The number of hydrazine groups is 1. The number of nitrogens with one attached hydrogen (secondary N) is 1. The SMILES string of the molecule is NNC(=O)c1ccc(CSc2ccccc2)nc1. The number of rotatable bonds is 4. The Bertz CT molecular complexity index is 514. The van der Waals surface area contributed by atoms with Crippen molar-refractivity contribution < 1.29 is 4.79 Å². The second kappa shape index (κ2) is 6.18. The first-order valence-corrected chi connectivity index (χ1v) is 6.42. The molecule has 0 saturated carbocycles. The van der Waals surface area contributed by atoms with Crippen molar-refractivity contribution >= 4 is 17.7 Å². The molecule has 0 unspecified atom stereocenters. The summed E-state index contributed by atoms with van der Waals surface area (Å²) in [5, 5.41) is 0. The molecular formula is C13H13N3OS. The molecule has 5 heteroatoms. The van der Waals surface area contributed by atoms with E-state index in [4.69, 9.17) is 5.84 Å². The molecule has 1 heterocycles. The lowest BCUT2D eigenvalue weighted by Crippen LogP contribution is -2.30. The number of nitrogens with zero attached hydrogens (tertiary/aromatic N) is 1. The highest BCUT2D eigenvalue weighted by Gasteiger charge is 2.04. The lowest BCUT2D eigenvalue weighted by atomic mass is 10.2. The maximum atomic E-state index is 11.2. The summed E-state index contributed by atoms with van der Waals surface area (Å²) >= 11 is 1.71. The number of benzene rings is 1. The molecule has 0 saturated heterocycles. The normalized spacial score (nSPS) is 10.1. The zero-order chi connectivity index (χ0) is 12.8. The molecule has 0 atom stereocenters. The zero-order valence-electron chi connectivity index (χ0n) is 9.67. The average molecular weight is 259 g/mol. The number of aromatic nitrogens is 1. The Morgan fingerprint density at radius 1 is 1.22 bits per heavy atom. The van der Waals surface area contributed by atoms with Gasteiger partial charge in [0.05, 0.1) is 11.3 Å². The third-order valence-electron chi connectivity index (χ3n) is 2.35. The molecule has 1 aromatic carbocycles. The van der Waals surface area contributed by atoms with Gasteiger partial charge < -0.3 is 0 Å². The molecule has 2 aromatic rings. The Labute approximate surface area is 110 Å². The van der Waals surface area contributed by atoms with Gasteiger partial charge in [-0.15, -0.1) is 11.8 Å². The van der Waals surface area contributed by atoms with E-state index in [1.165, 1.54) is 11.1 Å². The van der Waals surface area contributed by atoms with Crippen LogP contribution in [0.5, 0.6) is 0 Å². The molecule has 3 N–H and O–H groups in total. The van der Waals surface area contributed by atoms with Gasteiger partial charge in [0.2, 0.25) is 0 Å². The molecular weight excluding hydrogens is 246 g/mol. The van der Waals surface area contributed by atoms with Crippen LogP contribution in [0.25, 0.3) is 0 Å². The van der Waals surface area contributed by atoms with E-state index in [0.717, 1.165) is 11.4 Å². The van der Waals surface area contributed by atoms with Crippen molar-refractivity contribution in [2.45, 2.75) is 10.6 Å². The first-order valence-electron chi connectivity index (χ1n) is 5.43. The molecule has 1 amide bonds. The quantitative estimate of drug-likeness (QED) is 0.381. The van der Waals surface area contributed by atoms with Gasteiger partial charge in [-0.2, -0.15) is 0 Å². The van der Waals surface area contributed by atoms with Crippen molar-refractivity contribution in [2.75, 3.05) is 0 Å². The largest absolute Gasteiger partial charge is 0.290 e. The maximum absolute atomic E-state index is 11.2. The summed E-state index contributed by atoms with van der Waals surface area (Å²) < 4.78 is 0. The van der Waals surface area contributed by atoms with Crippen molar-refractivity contribution in [1.29, 1.82) is 0 Å². The summed E-state index contributed by atoms with van der Waals surface area (Å²) in [6.45, 7) is 0. The third-order valence-corrected chi connectivity index (χ3v) is 3.39. The molecule has 4 nitrogen and oxygen atoms in total. The van der Waals surface area contributed by atoms with Crippen LogP contribution in [-0.2, 0) is 5.75 Å². The molecule has 2 rings (SSSR count). The Balaban J connectivity index is 1.97. The smallest absolute Gasteiger partial charge is 0.266 e. The number of hydrogen-bond acceptors (Lipinski definition) is 4. The topological polar surface area (TPSA) is 68.0 Å². The lowest BCUT2D eigenvalue weighted by Gasteiger charge is -2.03. The Morgan fingerprint density at radius 2 is 2.00 bits per heavy atom. The van der Waals surface area contributed by atoms with Crippen LogP contribution in [0.4, 0.5) is 0 Å². The molecule has 1 aromatic heterocycles. The fraction of sp³-hybridized carbons (Fsp3) is 0.0769. The minimum Gasteiger partial charge on any atom is -0.290 e. The Morgan fingerprint density at radius 3 is 2.61 bits per heavy atom. The van der Waals surface area contributed by atoms with Crippen LogP contribution in [0, 0.1) is 0 Å². The molecule has 92 valence electrons. The van der Waals surface area contributed by atoms with E-state index in [1.807, 2.05) is 24.3 Å². The van der Waals surface area contributed by atoms with Crippen LogP contribution in [0.15, 0.2) is 53.6 Å². The van der Waals surface area contributed by atoms with Gasteiger partial charge in [0.1, 0.15) is 0 Å². The van der Waals surface area contributed by atoms with Gasteiger partial charge in [-0.1, -0.05) is 18.2 Å². The molecule has 0 aliphatic heterocycles. The van der Waals surface area contributed by atoms with Crippen LogP contribution in [-0.4, -0.2) is 10.9 Å². The van der Waals surface area contributed by atoms with Crippen molar-refractivity contribution in [3.8, 4) is 0 Å². The Kier molecular flexibility index (Phi) is 4.33. The number of carbonyl (C=O) groups excluding carboxylic acids is 1. The predicted molar refractivity (Wildman–Crippen MR) is 71.9 cm³/mol. The molecule has 0 radical (unpaired) electrons. The molecule has 0 aliphatic carbocycles. The summed E-state index contributed by atoms with van der Waals surface area (Å²) in [5.74, 6) is 5.49. The van der Waals surface area contributed by atoms with E-state index in [-0.39, 0.29) is 5.91 Å². The Hall–Kier alpha value is -1.85. The second-order valence-electron chi connectivity index (χ2n) is 3.61. The monoisotopic (exact) mass is 259 g/mol. The molecule has 0 bridgehead atoms. The average Bonchev–Trinajstić information content (AvgIpc) is 2.46. The van der Waals surface area contributed by atoms with Gasteiger partial charge in [0.25, 0.3) is 5.91 Å². The molecule has 0 spiro atoms. The van der Waals surface area contributed by atoms with E-state index in [0.29, 0.717) is 5.56 Å². The lowest BCUT2D eigenvalue weighted by molar-refractivity contribution is 0.0953. The maximum Gasteiger partial charge on any atom is 0.266 e. The van der Waals surface area contributed by atoms with Gasteiger partial charge in [0, 0.05) is 16.8 Å². The van der Waals surface area contributed by atoms with E-state index in [1.54, 1.807) is 17.8 Å². The van der Waals surface area contributed by atoms with Crippen molar-refractivity contribution in [3.63, 3.8) is 0 Å². The fourth-order valence-corrected chi connectivity index (χ4v) is 2.24. The second-order valence-corrected chi connectivity index (χ2v) is 4.66. The number of pyridine rings is 1. The van der Waals surface area contributed by atoms with Crippen LogP contribution >= 0.6 is 11.8 Å². The molecule has 0 fully saturated rings. The minimum atomic E-state index is -0.329. The third kappa shape index (κ3) is 3.32. The fourth-order valence-electron chi connectivity index (χ4n) is 1.40. The van der Waals surface area contributed by atoms with Crippen LogP contribution in [0.2, 0.25) is 0 Å². The summed E-state index contributed by atoms with van der Waals surface area (Å²) in [6.07, 6.45) is 1.53. The van der Waals surface area contributed by atoms with Crippen LogP contribution in [0.1, 0.15) is 16.1 Å². The number of thioether (sulfide) groups is 1. The van der Waals surface area contributed by atoms with E-state index >= 15 is 0 Å². The highest BCUT2D eigenvalue weighted by atomic mass is 32.2. The van der Waals surface area contributed by atoms with Crippen molar-refractivity contribution in [3.05, 3.63) is 59.9 Å². The number of amides is 1. The first kappa shape index (κ1) is 12.6. The van der Waals surface area contributed by atoms with Gasteiger partial charge in [-0.05, 0) is 24.3 Å². The van der Waals surface area contributed by atoms with E-state index < -0.39 is 0 Å². The molecule has 18 heavy (non-hydrogen) atoms. The standard InChI is InChI=1S/C13H13N3OS/c14-16-13(17)10-6-7-11(15-8-10)9-18-12-4-2-1-3-5-12/h1-8H,9,14H2,(H,16,17). The summed E-state index contributed by atoms with van der Waals surface area (Å²) in [7, 11) is 0. The highest BCUT2D eigenvalue weighted by Crippen LogP contribution is 2.21. The number of nitrogen functional groups attached to an aromatic ring is 1. The van der Waals surface area contributed by atoms with Crippen LogP contribution in [0.3, 0.4) is 0 Å². The predicted octanol–water partition coefficient (Wildman–Crippen LogP) is 1.98.